The Hall–Kier alpha value is 0.270. The highest BCUT2D eigenvalue weighted by Crippen LogP contribution is 2.44. The van der Waals surface area contributed by atoms with Crippen molar-refractivity contribution in [2.75, 3.05) is 5.75 Å². The second kappa shape index (κ2) is 3.79. The van der Waals surface area contributed by atoms with Crippen LogP contribution in [0.4, 0.5) is 0 Å². The summed E-state index contributed by atoms with van der Waals surface area (Å²) in [5.74, 6) is 7.94. The topological polar surface area (TPSA) is 38.0 Å². The molecule has 0 radical (unpaired) electrons. The molecule has 1 saturated carbocycles. The number of hydrogen-bond acceptors (Lipinski definition) is 3. The Kier molecular flexibility index (Phi) is 2.86. The summed E-state index contributed by atoms with van der Waals surface area (Å²) in [5.41, 5.74) is 3.04. The van der Waals surface area contributed by atoms with Crippen molar-refractivity contribution in [1.82, 2.24) is 5.43 Å². The Morgan fingerprint density at radius 3 is 2.85 bits per heavy atom. The fraction of sp³-hybridized carbons (Fsp3) is 1.00. The third kappa shape index (κ3) is 2.20. The van der Waals surface area contributed by atoms with Gasteiger partial charge in [0, 0.05) is 10.8 Å². The smallest absolute Gasteiger partial charge is 0.0357 e. The molecule has 0 amide bonds. The third-order valence-corrected chi connectivity index (χ3v) is 5.09. The minimum atomic E-state index is 0.414. The van der Waals surface area contributed by atoms with Crippen LogP contribution in [0.25, 0.3) is 0 Å². The summed E-state index contributed by atoms with van der Waals surface area (Å²) < 4.78 is 0.414. The largest absolute Gasteiger partial charge is 0.271 e. The van der Waals surface area contributed by atoms with Gasteiger partial charge in [-0.05, 0) is 37.9 Å². The van der Waals surface area contributed by atoms with Crippen LogP contribution in [0.3, 0.4) is 0 Å². The molecule has 76 valence electrons. The van der Waals surface area contributed by atoms with E-state index in [4.69, 9.17) is 5.84 Å². The number of hydrogen-bond donors (Lipinski definition) is 2. The van der Waals surface area contributed by atoms with E-state index in [9.17, 15) is 0 Å². The highest BCUT2D eigenvalue weighted by atomic mass is 32.2. The summed E-state index contributed by atoms with van der Waals surface area (Å²) in [6.45, 7) is 2.37. The van der Waals surface area contributed by atoms with E-state index in [0.717, 1.165) is 5.92 Å². The van der Waals surface area contributed by atoms with Crippen molar-refractivity contribution in [2.45, 2.75) is 49.8 Å². The molecule has 1 heterocycles. The van der Waals surface area contributed by atoms with Crippen LogP contribution in [0.2, 0.25) is 0 Å². The van der Waals surface area contributed by atoms with Crippen LogP contribution in [0, 0.1) is 5.92 Å². The van der Waals surface area contributed by atoms with Crippen LogP contribution in [0.1, 0.15) is 39.0 Å². The van der Waals surface area contributed by atoms with Gasteiger partial charge in [0.15, 0.2) is 0 Å². The standard InChI is InChI=1S/C10H20N2S/c1-10(5-2-6-13-10)9(12-11)7-8-3-4-8/h8-9,12H,2-7,11H2,1H3. The van der Waals surface area contributed by atoms with E-state index in [0.29, 0.717) is 10.8 Å². The predicted molar refractivity (Wildman–Crippen MR) is 58.5 cm³/mol. The number of nitrogens with one attached hydrogen (secondary N) is 1. The molecule has 3 N–H and O–H groups in total. The van der Waals surface area contributed by atoms with Crippen molar-refractivity contribution in [3.8, 4) is 0 Å². The lowest BCUT2D eigenvalue weighted by molar-refractivity contribution is 0.371. The SMILES string of the molecule is CC1(C(CC2CC2)NN)CCCS1. The van der Waals surface area contributed by atoms with E-state index in [2.05, 4.69) is 24.1 Å². The summed E-state index contributed by atoms with van der Waals surface area (Å²) in [6.07, 6.45) is 6.85. The molecule has 2 atom stereocenters. The third-order valence-electron chi connectivity index (χ3n) is 3.45. The second-order valence-corrected chi connectivity index (χ2v) is 6.29. The molecular formula is C10H20N2S. The Balaban J connectivity index is 1.92. The molecule has 2 rings (SSSR count). The quantitative estimate of drug-likeness (QED) is 0.538. The molecule has 0 aromatic heterocycles. The van der Waals surface area contributed by atoms with Gasteiger partial charge >= 0.3 is 0 Å². The Labute approximate surface area is 85.0 Å². The molecule has 3 heteroatoms. The van der Waals surface area contributed by atoms with Crippen molar-refractivity contribution in [3.63, 3.8) is 0 Å². The fourth-order valence-corrected chi connectivity index (χ4v) is 3.67. The van der Waals surface area contributed by atoms with Gasteiger partial charge in [0.25, 0.3) is 0 Å². The van der Waals surface area contributed by atoms with E-state index < -0.39 is 0 Å². The van der Waals surface area contributed by atoms with Crippen LogP contribution in [-0.2, 0) is 0 Å². The molecular weight excluding hydrogens is 180 g/mol. The predicted octanol–water partition coefficient (Wildman–Crippen LogP) is 1.90. The molecule has 2 unspecified atom stereocenters. The van der Waals surface area contributed by atoms with Crippen molar-refractivity contribution in [1.29, 1.82) is 0 Å². The average molecular weight is 200 g/mol. The number of nitrogens with two attached hydrogens (primary N) is 1. The molecule has 0 aromatic carbocycles. The summed E-state index contributed by atoms with van der Waals surface area (Å²) in [6, 6.07) is 0.535. The van der Waals surface area contributed by atoms with E-state index in [-0.39, 0.29) is 0 Å². The summed E-state index contributed by atoms with van der Waals surface area (Å²) >= 11 is 2.10. The summed E-state index contributed by atoms with van der Waals surface area (Å²) in [7, 11) is 0. The van der Waals surface area contributed by atoms with Crippen LogP contribution in [0.15, 0.2) is 0 Å². The maximum Gasteiger partial charge on any atom is 0.0357 e. The van der Waals surface area contributed by atoms with Gasteiger partial charge in [-0.25, -0.2) is 0 Å². The zero-order chi connectivity index (χ0) is 9.31. The number of thioether (sulfide) groups is 1. The summed E-state index contributed by atoms with van der Waals surface area (Å²) in [5, 5.41) is 0. The van der Waals surface area contributed by atoms with Gasteiger partial charge < -0.3 is 0 Å². The molecule has 2 fully saturated rings. The highest BCUT2D eigenvalue weighted by Gasteiger charge is 2.39. The van der Waals surface area contributed by atoms with Crippen LogP contribution >= 0.6 is 11.8 Å². The van der Waals surface area contributed by atoms with E-state index in [1.165, 1.54) is 37.9 Å². The first-order chi connectivity index (χ1) is 6.24. The Bertz CT molecular complexity index is 174. The van der Waals surface area contributed by atoms with Crippen molar-refractivity contribution < 1.29 is 0 Å². The Morgan fingerprint density at radius 2 is 2.38 bits per heavy atom. The highest BCUT2D eigenvalue weighted by molar-refractivity contribution is 8.00. The van der Waals surface area contributed by atoms with E-state index in [1.807, 2.05) is 0 Å². The molecule has 1 aliphatic carbocycles. The van der Waals surface area contributed by atoms with Crippen LogP contribution < -0.4 is 11.3 Å². The minimum absolute atomic E-state index is 0.414. The molecule has 2 aliphatic rings. The first-order valence-electron chi connectivity index (χ1n) is 5.35. The summed E-state index contributed by atoms with van der Waals surface area (Å²) in [4.78, 5) is 0. The van der Waals surface area contributed by atoms with Crippen LogP contribution in [-0.4, -0.2) is 16.5 Å². The maximum atomic E-state index is 5.65. The number of hydrazine groups is 1. The molecule has 0 spiro atoms. The second-order valence-electron chi connectivity index (χ2n) is 4.66. The van der Waals surface area contributed by atoms with Gasteiger partial charge in [0.2, 0.25) is 0 Å². The van der Waals surface area contributed by atoms with Gasteiger partial charge in [-0.2, -0.15) is 11.8 Å². The van der Waals surface area contributed by atoms with Gasteiger partial charge in [0.05, 0.1) is 0 Å². The molecule has 1 saturated heterocycles. The minimum Gasteiger partial charge on any atom is -0.271 e. The van der Waals surface area contributed by atoms with Gasteiger partial charge in [-0.15, -0.1) is 0 Å². The maximum absolute atomic E-state index is 5.65. The fourth-order valence-electron chi connectivity index (χ4n) is 2.26. The first-order valence-corrected chi connectivity index (χ1v) is 6.33. The van der Waals surface area contributed by atoms with Crippen LogP contribution in [0.5, 0.6) is 0 Å². The Morgan fingerprint density at radius 1 is 1.62 bits per heavy atom. The van der Waals surface area contributed by atoms with E-state index in [1.54, 1.807) is 0 Å². The van der Waals surface area contributed by atoms with E-state index >= 15 is 0 Å². The van der Waals surface area contributed by atoms with Crippen molar-refractivity contribution >= 4 is 11.8 Å². The molecule has 0 bridgehead atoms. The monoisotopic (exact) mass is 200 g/mol. The molecule has 13 heavy (non-hydrogen) atoms. The van der Waals surface area contributed by atoms with Gasteiger partial charge in [-0.1, -0.05) is 12.8 Å². The number of rotatable bonds is 4. The van der Waals surface area contributed by atoms with Crippen molar-refractivity contribution in [2.24, 2.45) is 11.8 Å². The van der Waals surface area contributed by atoms with Gasteiger partial charge in [0.1, 0.15) is 0 Å². The lowest BCUT2D eigenvalue weighted by atomic mass is 9.92. The first kappa shape index (κ1) is 9.81. The average Bonchev–Trinajstić information content (AvgIpc) is 2.84. The lowest BCUT2D eigenvalue weighted by Gasteiger charge is -2.32. The van der Waals surface area contributed by atoms with Gasteiger partial charge in [-0.3, -0.25) is 11.3 Å². The van der Waals surface area contributed by atoms with Crippen molar-refractivity contribution in [3.05, 3.63) is 0 Å². The zero-order valence-electron chi connectivity index (χ0n) is 8.38. The molecule has 0 aromatic rings. The lowest BCUT2D eigenvalue weighted by Crippen LogP contribution is -2.48. The molecule has 2 nitrogen and oxygen atoms in total. The molecule has 1 aliphatic heterocycles. The zero-order valence-corrected chi connectivity index (χ0v) is 9.20. The normalized spacial score (nSPS) is 36.5.